The van der Waals surface area contributed by atoms with Crippen molar-refractivity contribution in [2.75, 3.05) is 0 Å². The molecule has 1 saturated carbocycles. The molecule has 100 valence electrons. The lowest BCUT2D eigenvalue weighted by Crippen LogP contribution is -2.43. The molecule has 0 bridgehead atoms. The number of nitrogens with two attached hydrogens (primary N) is 1. The summed E-state index contributed by atoms with van der Waals surface area (Å²) in [5, 5.41) is 2.66. The van der Waals surface area contributed by atoms with Crippen molar-refractivity contribution in [1.82, 2.24) is 9.88 Å². The number of carbonyl (C=O) groups excluding carboxylic acids is 1. The number of nitrogens with zero attached hydrogens (tertiary/aromatic N) is 2. The van der Waals surface area contributed by atoms with Crippen molar-refractivity contribution in [3.8, 4) is 0 Å². The highest BCUT2D eigenvalue weighted by molar-refractivity contribution is 7.09. The first-order chi connectivity index (χ1) is 8.63. The quantitative estimate of drug-likeness (QED) is 0.911. The Balaban J connectivity index is 2.17. The van der Waals surface area contributed by atoms with Crippen molar-refractivity contribution >= 4 is 17.2 Å². The lowest BCUT2D eigenvalue weighted by molar-refractivity contribution is 0.0608. The van der Waals surface area contributed by atoms with Gasteiger partial charge in [-0.1, -0.05) is 12.8 Å². The Morgan fingerprint density at radius 3 is 2.72 bits per heavy atom. The second-order valence-electron chi connectivity index (χ2n) is 5.08. The SMILES string of the molecule is CC(C)N(C(=O)c1csc(CN)n1)C1CCCC1. The first-order valence-corrected chi connectivity index (χ1v) is 7.48. The van der Waals surface area contributed by atoms with Gasteiger partial charge in [0.15, 0.2) is 0 Å². The van der Waals surface area contributed by atoms with Gasteiger partial charge < -0.3 is 10.6 Å². The monoisotopic (exact) mass is 267 g/mol. The Labute approximate surface area is 112 Å². The number of thiazole rings is 1. The summed E-state index contributed by atoms with van der Waals surface area (Å²) in [6.07, 6.45) is 4.70. The molecule has 4 nitrogen and oxygen atoms in total. The Hall–Kier alpha value is -0.940. The molecule has 1 aliphatic rings. The first-order valence-electron chi connectivity index (χ1n) is 6.60. The number of rotatable bonds is 4. The van der Waals surface area contributed by atoms with Crippen molar-refractivity contribution in [3.63, 3.8) is 0 Å². The molecule has 1 aliphatic carbocycles. The largest absolute Gasteiger partial charge is 0.332 e. The highest BCUT2D eigenvalue weighted by atomic mass is 32.1. The smallest absolute Gasteiger partial charge is 0.273 e. The van der Waals surface area contributed by atoms with Crippen LogP contribution in [0.25, 0.3) is 0 Å². The Kier molecular flexibility index (Phi) is 4.35. The zero-order valence-corrected chi connectivity index (χ0v) is 11.9. The van der Waals surface area contributed by atoms with Gasteiger partial charge in [-0.05, 0) is 26.7 Å². The third-order valence-corrected chi connectivity index (χ3v) is 4.33. The van der Waals surface area contributed by atoms with Gasteiger partial charge in [-0.2, -0.15) is 0 Å². The summed E-state index contributed by atoms with van der Waals surface area (Å²) in [7, 11) is 0. The van der Waals surface area contributed by atoms with E-state index in [9.17, 15) is 4.79 Å². The van der Waals surface area contributed by atoms with Crippen molar-refractivity contribution in [2.45, 2.75) is 58.2 Å². The standard InChI is InChI=1S/C13H21N3OS/c1-9(2)16(10-5-3-4-6-10)13(17)11-8-18-12(7-14)15-11/h8-10H,3-7,14H2,1-2H3. The molecule has 1 amide bonds. The minimum Gasteiger partial charge on any atom is -0.332 e. The van der Waals surface area contributed by atoms with Gasteiger partial charge in [0.05, 0.1) is 0 Å². The van der Waals surface area contributed by atoms with E-state index in [1.54, 1.807) is 0 Å². The summed E-state index contributed by atoms with van der Waals surface area (Å²) in [4.78, 5) is 18.8. The van der Waals surface area contributed by atoms with Crippen LogP contribution < -0.4 is 5.73 Å². The van der Waals surface area contributed by atoms with Crippen LogP contribution in [0, 0.1) is 0 Å². The fourth-order valence-corrected chi connectivity index (χ4v) is 3.29. The number of hydrogen-bond acceptors (Lipinski definition) is 4. The summed E-state index contributed by atoms with van der Waals surface area (Å²) < 4.78 is 0. The van der Waals surface area contributed by atoms with Crippen LogP contribution in [0.2, 0.25) is 0 Å². The highest BCUT2D eigenvalue weighted by Gasteiger charge is 2.30. The van der Waals surface area contributed by atoms with Crippen LogP contribution in [-0.2, 0) is 6.54 Å². The van der Waals surface area contributed by atoms with Crippen molar-refractivity contribution < 1.29 is 4.79 Å². The van der Waals surface area contributed by atoms with E-state index in [1.807, 2.05) is 10.3 Å². The number of carbonyl (C=O) groups is 1. The molecule has 0 unspecified atom stereocenters. The predicted molar refractivity (Wildman–Crippen MR) is 73.6 cm³/mol. The average molecular weight is 267 g/mol. The molecular weight excluding hydrogens is 246 g/mol. The molecule has 2 rings (SSSR count). The van der Waals surface area contributed by atoms with Crippen LogP contribution in [0.1, 0.15) is 55.0 Å². The molecule has 0 atom stereocenters. The van der Waals surface area contributed by atoms with Gasteiger partial charge in [0, 0.05) is 24.0 Å². The molecule has 0 saturated heterocycles. The minimum absolute atomic E-state index is 0.0628. The van der Waals surface area contributed by atoms with Gasteiger partial charge >= 0.3 is 0 Å². The van der Waals surface area contributed by atoms with Crippen LogP contribution >= 0.6 is 11.3 Å². The fourth-order valence-electron chi connectivity index (χ4n) is 2.64. The maximum atomic E-state index is 12.5. The zero-order valence-electron chi connectivity index (χ0n) is 11.1. The lowest BCUT2D eigenvalue weighted by atomic mass is 10.1. The van der Waals surface area contributed by atoms with E-state index in [-0.39, 0.29) is 11.9 Å². The number of amides is 1. The summed E-state index contributed by atoms with van der Waals surface area (Å²) in [6, 6.07) is 0.615. The summed E-state index contributed by atoms with van der Waals surface area (Å²) in [5.74, 6) is 0.0628. The third kappa shape index (κ3) is 2.72. The van der Waals surface area contributed by atoms with Crippen LogP contribution in [-0.4, -0.2) is 27.9 Å². The Bertz CT molecular complexity index is 410. The van der Waals surface area contributed by atoms with E-state index >= 15 is 0 Å². The van der Waals surface area contributed by atoms with E-state index in [0.29, 0.717) is 18.3 Å². The van der Waals surface area contributed by atoms with Gasteiger partial charge in [0.1, 0.15) is 10.7 Å². The van der Waals surface area contributed by atoms with Crippen molar-refractivity contribution in [3.05, 3.63) is 16.1 Å². The minimum atomic E-state index is 0.0628. The van der Waals surface area contributed by atoms with E-state index in [1.165, 1.54) is 24.2 Å². The second-order valence-corrected chi connectivity index (χ2v) is 6.02. The topological polar surface area (TPSA) is 59.2 Å². The molecule has 0 aromatic carbocycles. The van der Waals surface area contributed by atoms with Crippen molar-refractivity contribution in [2.24, 2.45) is 5.73 Å². The summed E-state index contributed by atoms with van der Waals surface area (Å²) in [6.45, 7) is 4.56. The van der Waals surface area contributed by atoms with Gasteiger partial charge in [0.25, 0.3) is 5.91 Å². The molecule has 0 spiro atoms. The Morgan fingerprint density at radius 1 is 1.56 bits per heavy atom. The normalized spacial score (nSPS) is 16.4. The van der Waals surface area contributed by atoms with Crippen LogP contribution in [0.5, 0.6) is 0 Å². The predicted octanol–water partition coefficient (Wildman–Crippen LogP) is 2.40. The molecule has 18 heavy (non-hydrogen) atoms. The summed E-state index contributed by atoms with van der Waals surface area (Å²) >= 11 is 1.47. The molecule has 5 heteroatoms. The van der Waals surface area contributed by atoms with E-state index in [4.69, 9.17) is 5.73 Å². The molecule has 0 aliphatic heterocycles. The van der Waals surface area contributed by atoms with Crippen LogP contribution in [0.15, 0.2) is 5.38 Å². The van der Waals surface area contributed by atoms with Crippen LogP contribution in [0.4, 0.5) is 0 Å². The lowest BCUT2D eigenvalue weighted by Gasteiger charge is -2.32. The van der Waals surface area contributed by atoms with Gasteiger partial charge in [0.2, 0.25) is 0 Å². The molecule has 1 aromatic rings. The van der Waals surface area contributed by atoms with Gasteiger partial charge in [-0.25, -0.2) is 4.98 Å². The summed E-state index contributed by atoms with van der Waals surface area (Å²) in [5.41, 5.74) is 6.10. The van der Waals surface area contributed by atoms with E-state index in [0.717, 1.165) is 17.8 Å². The fraction of sp³-hybridized carbons (Fsp3) is 0.692. The second kappa shape index (κ2) is 5.80. The number of hydrogen-bond donors (Lipinski definition) is 1. The molecular formula is C13H21N3OS. The molecule has 1 fully saturated rings. The molecule has 1 heterocycles. The van der Waals surface area contributed by atoms with Gasteiger partial charge in [-0.3, -0.25) is 4.79 Å². The average Bonchev–Trinajstić information content (AvgIpc) is 2.99. The van der Waals surface area contributed by atoms with E-state index < -0.39 is 0 Å². The molecule has 1 aromatic heterocycles. The van der Waals surface area contributed by atoms with E-state index in [2.05, 4.69) is 18.8 Å². The molecule has 0 radical (unpaired) electrons. The van der Waals surface area contributed by atoms with Crippen molar-refractivity contribution in [1.29, 1.82) is 0 Å². The van der Waals surface area contributed by atoms with Crippen LogP contribution in [0.3, 0.4) is 0 Å². The maximum Gasteiger partial charge on any atom is 0.273 e. The molecule has 2 N–H and O–H groups in total. The maximum absolute atomic E-state index is 12.5. The zero-order chi connectivity index (χ0) is 13.1. The van der Waals surface area contributed by atoms with Gasteiger partial charge in [-0.15, -0.1) is 11.3 Å². The third-order valence-electron chi connectivity index (χ3n) is 3.45. The first kappa shape index (κ1) is 13.5. The Morgan fingerprint density at radius 2 is 2.22 bits per heavy atom. The highest BCUT2D eigenvalue weighted by Crippen LogP contribution is 2.26. The number of aromatic nitrogens is 1.